The van der Waals surface area contributed by atoms with Gasteiger partial charge in [-0.05, 0) is 12.7 Å². The fraction of sp³-hybridized carbons (Fsp3) is 0.625. The molecule has 0 saturated heterocycles. The van der Waals surface area contributed by atoms with Crippen molar-refractivity contribution >= 4 is 17.9 Å². The summed E-state index contributed by atoms with van der Waals surface area (Å²) in [5.74, 6) is 0. The SMILES string of the molecule is COC(=O)N[C@@H]1C=C[C@H](SC)C1. The van der Waals surface area contributed by atoms with Crippen LogP contribution in [0.25, 0.3) is 0 Å². The number of carbonyl (C=O) groups is 1. The Labute approximate surface area is 76.5 Å². The maximum Gasteiger partial charge on any atom is 0.407 e. The summed E-state index contributed by atoms with van der Waals surface area (Å²) in [6, 6.07) is 0.148. The van der Waals surface area contributed by atoms with Gasteiger partial charge in [-0.15, -0.1) is 0 Å². The largest absolute Gasteiger partial charge is 0.453 e. The molecule has 4 heteroatoms. The molecule has 1 N–H and O–H groups in total. The minimum absolute atomic E-state index is 0.148. The molecule has 0 unspecified atom stereocenters. The molecule has 68 valence electrons. The van der Waals surface area contributed by atoms with Crippen LogP contribution in [-0.2, 0) is 4.74 Å². The molecule has 0 spiro atoms. The van der Waals surface area contributed by atoms with Crippen molar-refractivity contribution in [1.29, 1.82) is 0 Å². The molecular formula is C8H13NO2S. The van der Waals surface area contributed by atoms with E-state index in [0.717, 1.165) is 6.42 Å². The first-order valence-electron chi connectivity index (χ1n) is 3.82. The van der Waals surface area contributed by atoms with Gasteiger partial charge in [-0.3, -0.25) is 0 Å². The van der Waals surface area contributed by atoms with Crippen LogP contribution in [-0.4, -0.2) is 30.8 Å². The third-order valence-corrected chi connectivity index (χ3v) is 2.79. The molecule has 1 rings (SSSR count). The van der Waals surface area contributed by atoms with Crippen LogP contribution in [0.15, 0.2) is 12.2 Å². The molecule has 0 aromatic carbocycles. The lowest BCUT2D eigenvalue weighted by atomic mass is 10.3. The van der Waals surface area contributed by atoms with Crippen molar-refractivity contribution in [1.82, 2.24) is 5.32 Å². The van der Waals surface area contributed by atoms with E-state index in [2.05, 4.69) is 22.4 Å². The number of hydrogen-bond donors (Lipinski definition) is 1. The number of alkyl carbamates (subject to hydrolysis) is 1. The van der Waals surface area contributed by atoms with Gasteiger partial charge >= 0.3 is 6.09 Å². The monoisotopic (exact) mass is 187 g/mol. The molecular weight excluding hydrogens is 174 g/mol. The molecule has 12 heavy (non-hydrogen) atoms. The number of methoxy groups -OCH3 is 1. The molecule has 0 fully saturated rings. The molecule has 1 amide bonds. The minimum Gasteiger partial charge on any atom is -0.453 e. The molecule has 0 aliphatic heterocycles. The van der Waals surface area contributed by atoms with Crippen LogP contribution >= 0.6 is 11.8 Å². The molecule has 1 aliphatic rings. The van der Waals surface area contributed by atoms with Gasteiger partial charge in [-0.1, -0.05) is 12.2 Å². The first-order valence-corrected chi connectivity index (χ1v) is 5.10. The lowest BCUT2D eigenvalue weighted by molar-refractivity contribution is 0.168. The van der Waals surface area contributed by atoms with Gasteiger partial charge in [0.05, 0.1) is 13.2 Å². The van der Waals surface area contributed by atoms with E-state index >= 15 is 0 Å². The summed E-state index contributed by atoms with van der Waals surface area (Å²) in [6.45, 7) is 0. The number of amides is 1. The van der Waals surface area contributed by atoms with E-state index in [1.807, 2.05) is 6.08 Å². The van der Waals surface area contributed by atoms with Crippen LogP contribution in [0.4, 0.5) is 4.79 Å². The standard InChI is InChI=1S/C8H13NO2S/c1-11-8(10)9-6-3-4-7(5-6)12-2/h3-4,6-7H,5H2,1-2H3,(H,9,10)/t6-,7+/m1/s1. The van der Waals surface area contributed by atoms with Crippen molar-refractivity contribution in [3.8, 4) is 0 Å². The van der Waals surface area contributed by atoms with E-state index in [4.69, 9.17) is 0 Å². The van der Waals surface area contributed by atoms with Crippen molar-refractivity contribution < 1.29 is 9.53 Å². The zero-order valence-corrected chi connectivity index (χ0v) is 8.06. The number of thioether (sulfide) groups is 1. The Bertz CT molecular complexity index is 193. The van der Waals surface area contributed by atoms with Gasteiger partial charge in [-0.25, -0.2) is 4.79 Å². The Kier molecular flexibility index (Phi) is 3.47. The van der Waals surface area contributed by atoms with Crippen LogP contribution in [0.3, 0.4) is 0 Å². The highest BCUT2D eigenvalue weighted by Crippen LogP contribution is 2.21. The van der Waals surface area contributed by atoms with E-state index in [0.29, 0.717) is 5.25 Å². The van der Waals surface area contributed by atoms with Gasteiger partial charge in [0.1, 0.15) is 0 Å². The predicted octanol–water partition coefficient (Wildman–Crippen LogP) is 1.40. The van der Waals surface area contributed by atoms with Crippen molar-refractivity contribution in [3.05, 3.63) is 12.2 Å². The quantitative estimate of drug-likeness (QED) is 0.664. The molecule has 0 aromatic rings. The van der Waals surface area contributed by atoms with E-state index in [9.17, 15) is 4.79 Å². The van der Waals surface area contributed by atoms with Crippen molar-refractivity contribution in [2.24, 2.45) is 0 Å². The fourth-order valence-corrected chi connectivity index (χ4v) is 1.81. The van der Waals surface area contributed by atoms with Gasteiger partial charge in [0.15, 0.2) is 0 Å². The fourth-order valence-electron chi connectivity index (χ4n) is 1.16. The van der Waals surface area contributed by atoms with Gasteiger partial charge in [-0.2, -0.15) is 11.8 Å². The Morgan fingerprint density at radius 2 is 2.42 bits per heavy atom. The van der Waals surface area contributed by atoms with Crippen LogP contribution in [0.1, 0.15) is 6.42 Å². The van der Waals surface area contributed by atoms with Crippen LogP contribution in [0.5, 0.6) is 0 Å². The average molecular weight is 187 g/mol. The summed E-state index contributed by atoms with van der Waals surface area (Å²) in [6.07, 6.45) is 6.81. The highest BCUT2D eigenvalue weighted by molar-refractivity contribution is 7.99. The van der Waals surface area contributed by atoms with Crippen LogP contribution in [0, 0.1) is 0 Å². The van der Waals surface area contributed by atoms with Gasteiger partial charge in [0.25, 0.3) is 0 Å². The highest BCUT2D eigenvalue weighted by atomic mass is 32.2. The third kappa shape index (κ3) is 2.44. The topological polar surface area (TPSA) is 38.3 Å². The summed E-state index contributed by atoms with van der Waals surface area (Å²) in [5, 5.41) is 3.27. The second-order valence-electron chi connectivity index (χ2n) is 2.64. The molecule has 2 atom stereocenters. The second kappa shape index (κ2) is 4.40. The van der Waals surface area contributed by atoms with E-state index in [1.54, 1.807) is 11.8 Å². The molecule has 0 aromatic heterocycles. The predicted molar refractivity (Wildman–Crippen MR) is 50.4 cm³/mol. The maximum absolute atomic E-state index is 10.8. The number of carbonyl (C=O) groups excluding carboxylic acids is 1. The minimum atomic E-state index is -0.355. The van der Waals surface area contributed by atoms with E-state index < -0.39 is 0 Å². The number of nitrogens with one attached hydrogen (secondary N) is 1. The van der Waals surface area contributed by atoms with Crippen molar-refractivity contribution in [2.75, 3.05) is 13.4 Å². The lowest BCUT2D eigenvalue weighted by Gasteiger charge is -2.10. The molecule has 0 radical (unpaired) electrons. The molecule has 0 heterocycles. The average Bonchev–Trinajstić information content (AvgIpc) is 2.52. The number of rotatable bonds is 2. The first-order chi connectivity index (χ1) is 5.76. The van der Waals surface area contributed by atoms with E-state index in [1.165, 1.54) is 7.11 Å². The van der Waals surface area contributed by atoms with Crippen LogP contribution in [0.2, 0.25) is 0 Å². The third-order valence-electron chi connectivity index (χ3n) is 1.84. The van der Waals surface area contributed by atoms with Crippen LogP contribution < -0.4 is 5.32 Å². The zero-order valence-electron chi connectivity index (χ0n) is 7.24. The maximum atomic E-state index is 10.8. The van der Waals surface area contributed by atoms with Gasteiger partial charge in [0, 0.05) is 5.25 Å². The van der Waals surface area contributed by atoms with Crippen molar-refractivity contribution in [3.63, 3.8) is 0 Å². The smallest absolute Gasteiger partial charge is 0.407 e. The Morgan fingerprint density at radius 3 is 2.92 bits per heavy atom. The zero-order chi connectivity index (χ0) is 8.97. The highest BCUT2D eigenvalue weighted by Gasteiger charge is 2.19. The molecule has 0 saturated carbocycles. The molecule has 3 nitrogen and oxygen atoms in total. The summed E-state index contributed by atoms with van der Waals surface area (Å²) >= 11 is 1.79. The summed E-state index contributed by atoms with van der Waals surface area (Å²) < 4.78 is 4.49. The van der Waals surface area contributed by atoms with E-state index in [-0.39, 0.29) is 12.1 Å². The first kappa shape index (κ1) is 9.45. The van der Waals surface area contributed by atoms with Gasteiger partial charge < -0.3 is 10.1 Å². The lowest BCUT2D eigenvalue weighted by Crippen LogP contribution is -2.32. The summed E-state index contributed by atoms with van der Waals surface area (Å²) in [7, 11) is 1.38. The summed E-state index contributed by atoms with van der Waals surface area (Å²) in [4.78, 5) is 10.8. The Hall–Kier alpha value is -0.640. The Morgan fingerprint density at radius 1 is 1.67 bits per heavy atom. The number of hydrogen-bond acceptors (Lipinski definition) is 3. The van der Waals surface area contributed by atoms with Crippen molar-refractivity contribution in [2.45, 2.75) is 17.7 Å². The molecule has 0 bridgehead atoms. The Balaban J connectivity index is 2.29. The summed E-state index contributed by atoms with van der Waals surface area (Å²) in [5.41, 5.74) is 0. The molecule has 1 aliphatic carbocycles. The van der Waals surface area contributed by atoms with Gasteiger partial charge in [0.2, 0.25) is 0 Å². The normalized spacial score (nSPS) is 27.2. The second-order valence-corrected chi connectivity index (χ2v) is 3.71. The number of ether oxygens (including phenoxy) is 1.